The van der Waals surface area contributed by atoms with Crippen molar-refractivity contribution in [2.75, 3.05) is 5.73 Å². The minimum Gasteiger partial charge on any atom is -0.384 e. The van der Waals surface area contributed by atoms with Gasteiger partial charge in [0.25, 0.3) is 0 Å². The second-order valence-electron chi connectivity index (χ2n) is 3.17. The summed E-state index contributed by atoms with van der Waals surface area (Å²) in [7, 11) is 1.85. The molecule has 0 fully saturated rings. The summed E-state index contributed by atoms with van der Waals surface area (Å²) in [5.74, 6) is 0.529. The van der Waals surface area contributed by atoms with Crippen molar-refractivity contribution in [3.63, 3.8) is 0 Å². The maximum Gasteiger partial charge on any atom is 0.123 e. The highest BCUT2D eigenvalue weighted by Crippen LogP contribution is 2.21. The summed E-state index contributed by atoms with van der Waals surface area (Å²) >= 11 is 0. The summed E-state index contributed by atoms with van der Waals surface area (Å²) in [6.45, 7) is 1.99. The molecule has 2 N–H and O–H groups in total. The Morgan fingerprint density at radius 3 is 2.71 bits per heavy atom. The Bertz CT molecular complexity index is 460. The second-order valence-corrected chi connectivity index (χ2v) is 3.17. The van der Waals surface area contributed by atoms with Crippen LogP contribution in [-0.4, -0.2) is 20.0 Å². The Kier molecular flexibility index (Phi) is 1.92. The van der Waals surface area contributed by atoms with Gasteiger partial charge in [-0.15, -0.1) is 5.10 Å². The molecule has 2 aromatic rings. The van der Waals surface area contributed by atoms with Crippen molar-refractivity contribution in [3.8, 4) is 11.3 Å². The van der Waals surface area contributed by atoms with E-state index in [1.807, 2.05) is 20.0 Å². The zero-order chi connectivity index (χ0) is 10.1. The summed E-state index contributed by atoms with van der Waals surface area (Å²) in [6, 6.07) is 1.84. The van der Waals surface area contributed by atoms with Gasteiger partial charge in [-0.25, -0.2) is 9.67 Å². The molecule has 0 radical (unpaired) electrons. The van der Waals surface area contributed by atoms with Gasteiger partial charge >= 0.3 is 0 Å². The minimum atomic E-state index is 0.529. The minimum absolute atomic E-state index is 0.529. The molecule has 2 heterocycles. The van der Waals surface area contributed by atoms with Crippen molar-refractivity contribution < 1.29 is 0 Å². The van der Waals surface area contributed by atoms with Gasteiger partial charge in [-0.05, 0) is 18.6 Å². The van der Waals surface area contributed by atoms with E-state index in [2.05, 4.69) is 15.3 Å². The predicted molar refractivity (Wildman–Crippen MR) is 53.4 cm³/mol. The van der Waals surface area contributed by atoms with Crippen molar-refractivity contribution in [1.29, 1.82) is 0 Å². The summed E-state index contributed by atoms with van der Waals surface area (Å²) in [5.41, 5.74) is 8.59. The van der Waals surface area contributed by atoms with E-state index >= 15 is 0 Å². The first-order chi connectivity index (χ1) is 6.68. The molecule has 72 valence electrons. The largest absolute Gasteiger partial charge is 0.384 e. The van der Waals surface area contributed by atoms with Gasteiger partial charge in [0, 0.05) is 18.8 Å². The van der Waals surface area contributed by atoms with Crippen molar-refractivity contribution in [3.05, 3.63) is 24.0 Å². The molecule has 0 unspecified atom stereocenters. The number of nitrogen functional groups attached to an aromatic ring is 1. The fourth-order valence-corrected chi connectivity index (χ4v) is 1.38. The molecule has 0 aliphatic carbocycles. The van der Waals surface area contributed by atoms with E-state index in [9.17, 15) is 0 Å². The maximum absolute atomic E-state index is 5.57. The van der Waals surface area contributed by atoms with Crippen LogP contribution in [0.3, 0.4) is 0 Å². The molecule has 0 bridgehead atoms. The number of rotatable bonds is 1. The predicted octanol–water partition coefficient (Wildman–Crippen LogP) is 0.768. The lowest BCUT2D eigenvalue weighted by molar-refractivity contribution is 0.720. The highest BCUT2D eigenvalue weighted by Gasteiger charge is 2.07. The SMILES string of the molecule is Cc1cc(N)ncc1-c1cnnn1C. The van der Waals surface area contributed by atoms with Crippen LogP contribution in [0.5, 0.6) is 0 Å². The van der Waals surface area contributed by atoms with E-state index in [4.69, 9.17) is 5.73 Å². The normalized spacial score (nSPS) is 10.4. The van der Waals surface area contributed by atoms with Crippen LogP contribution in [0.4, 0.5) is 5.82 Å². The summed E-state index contributed by atoms with van der Waals surface area (Å²) in [5, 5.41) is 7.68. The summed E-state index contributed by atoms with van der Waals surface area (Å²) < 4.78 is 1.71. The van der Waals surface area contributed by atoms with Crippen LogP contribution in [0.2, 0.25) is 0 Å². The van der Waals surface area contributed by atoms with E-state index in [1.165, 1.54) is 0 Å². The van der Waals surface area contributed by atoms with Gasteiger partial charge in [0.15, 0.2) is 0 Å². The summed E-state index contributed by atoms with van der Waals surface area (Å²) in [4.78, 5) is 4.05. The van der Waals surface area contributed by atoms with E-state index < -0.39 is 0 Å². The molecule has 0 spiro atoms. The Hall–Kier alpha value is -1.91. The molecule has 0 saturated carbocycles. The molecule has 0 amide bonds. The van der Waals surface area contributed by atoms with Crippen LogP contribution in [0.25, 0.3) is 11.3 Å². The van der Waals surface area contributed by atoms with Crippen molar-refractivity contribution >= 4 is 5.82 Å². The number of aromatic nitrogens is 4. The van der Waals surface area contributed by atoms with Crippen LogP contribution in [0, 0.1) is 6.92 Å². The smallest absolute Gasteiger partial charge is 0.123 e. The lowest BCUT2D eigenvalue weighted by atomic mass is 10.1. The van der Waals surface area contributed by atoms with Crippen LogP contribution < -0.4 is 5.73 Å². The lowest BCUT2D eigenvalue weighted by Crippen LogP contribution is -1.97. The zero-order valence-electron chi connectivity index (χ0n) is 8.10. The number of hydrogen-bond acceptors (Lipinski definition) is 4. The zero-order valence-corrected chi connectivity index (χ0v) is 8.10. The van der Waals surface area contributed by atoms with Crippen LogP contribution >= 0.6 is 0 Å². The highest BCUT2D eigenvalue weighted by atomic mass is 15.4. The first-order valence-electron chi connectivity index (χ1n) is 4.25. The van der Waals surface area contributed by atoms with Gasteiger partial charge in [-0.3, -0.25) is 0 Å². The van der Waals surface area contributed by atoms with Crippen LogP contribution in [-0.2, 0) is 7.05 Å². The Balaban J connectivity index is 2.58. The average molecular weight is 189 g/mol. The van der Waals surface area contributed by atoms with E-state index in [1.54, 1.807) is 17.1 Å². The fraction of sp³-hybridized carbons (Fsp3) is 0.222. The number of pyridine rings is 1. The van der Waals surface area contributed by atoms with Gasteiger partial charge in [0.2, 0.25) is 0 Å². The third kappa shape index (κ3) is 1.32. The Labute approximate surface area is 81.6 Å². The third-order valence-electron chi connectivity index (χ3n) is 2.12. The molecule has 0 aromatic carbocycles. The molecule has 0 aliphatic heterocycles. The number of aryl methyl sites for hydroxylation is 2. The van der Waals surface area contributed by atoms with E-state index in [-0.39, 0.29) is 0 Å². The van der Waals surface area contributed by atoms with Gasteiger partial charge in [0.05, 0.1) is 11.9 Å². The van der Waals surface area contributed by atoms with E-state index in [0.29, 0.717) is 5.82 Å². The molecule has 5 nitrogen and oxygen atoms in total. The topological polar surface area (TPSA) is 69.6 Å². The van der Waals surface area contributed by atoms with Crippen molar-refractivity contribution in [2.45, 2.75) is 6.92 Å². The van der Waals surface area contributed by atoms with Crippen molar-refractivity contribution in [2.24, 2.45) is 7.05 Å². The van der Waals surface area contributed by atoms with Gasteiger partial charge in [-0.1, -0.05) is 5.21 Å². The quantitative estimate of drug-likeness (QED) is 0.719. The number of hydrogen-bond donors (Lipinski definition) is 1. The Morgan fingerprint density at radius 1 is 1.36 bits per heavy atom. The van der Waals surface area contributed by atoms with Gasteiger partial charge in [-0.2, -0.15) is 0 Å². The molecule has 14 heavy (non-hydrogen) atoms. The lowest BCUT2D eigenvalue weighted by Gasteiger charge is -2.04. The maximum atomic E-state index is 5.57. The number of nitrogens with two attached hydrogens (primary N) is 1. The first-order valence-corrected chi connectivity index (χ1v) is 4.25. The molecule has 0 saturated heterocycles. The standard InChI is InChI=1S/C9H11N5/c1-6-3-9(10)11-4-7(6)8-5-12-13-14(8)2/h3-5H,1-2H3,(H2,10,11). The summed E-state index contributed by atoms with van der Waals surface area (Å²) in [6.07, 6.45) is 3.45. The van der Waals surface area contributed by atoms with Gasteiger partial charge in [0.1, 0.15) is 5.82 Å². The number of nitrogens with zero attached hydrogens (tertiary/aromatic N) is 4. The molecule has 0 aliphatic rings. The third-order valence-corrected chi connectivity index (χ3v) is 2.12. The van der Waals surface area contributed by atoms with Crippen LogP contribution in [0.15, 0.2) is 18.5 Å². The molecular weight excluding hydrogens is 178 g/mol. The average Bonchev–Trinajstić information content (AvgIpc) is 2.52. The highest BCUT2D eigenvalue weighted by molar-refractivity contribution is 5.63. The molecule has 2 aromatic heterocycles. The van der Waals surface area contributed by atoms with Gasteiger partial charge < -0.3 is 5.73 Å². The molecular formula is C9H11N5. The Morgan fingerprint density at radius 2 is 2.14 bits per heavy atom. The fourth-order valence-electron chi connectivity index (χ4n) is 1.38. The van der Waals surface area contributed by atoms with E-state index in [0.717, 1.165) is 16.8 Å². The van der Waals surface area contributed by atoms with Crippen molar-refractivity contribution in [1.82, 2.24) is 20.0 Å². The monoisotopic (exact) mass is 189 g/mol. The molecule has 5 heteroatoms. The number of anilines is 1. The van der Waals surface area contributed by atoms with Crippen LogP contribution in [0.1, 0.15) is 5.56 Å². The second kappa shape index (κ2) is 3.10. The molecule has 0 atom stereocenters. The first kappa shape index (κ1) is 8.68. The molecule has 2 rings (SSSR count).